The lowest BCUT2D eigenvalue weighted by atomic mass is 9.93. The quantitative estimate of drug-likeness (QED) is 0.715. The monoisotopic (exact) mass is 242 g/mol. The summed E-state index contributed by atoms with van der Waals surface area (Å²) in [6, 6.07) is 0.416. The number of rotatable bonds is 6. The Morgan fingerprint density at radius 3 is 2.53 bits per heavy atom. The molecule has 1 fully saturated rings. The van der Waals surface area contributed by atoms with Crippen LogP contribution in [0.1, 0.15) is 40.0 Å². The normalized spacial score (nSPS) is 22.1. The number of nitrogens with one attached hydrogen (secondary N) is 1. The number of ether oxygens (including phenoxy) is 1. The summed E-state index contributed by atoms with van der Waals surface area (Å²) in [7, 11) is 1.83. The highest BCUT2D eigenvalue weighted by Gasteiger charge is 2.36. The Balaban J connectivity index is 2.57. The van der Waals surface area contributed by atoms with E-state index in [1.54, 1.807) is 0 Å². The molecule has 0 aliphatic carbocycles. The van der Waals surface area contributed by atoms with Gasteiger partial charge in [0.1, 0.15) is 5.54 Å². The molecule has 2 unspecified atom stereocenters. The second-order valence-corrected chi connectivity index (χ2v) is 5.10. The van der Waals surface area contributed by atoms with Gasteiger partial charge in [-0.15, -0.1) is 0 Å². The lowest BCUT2D eigenvalue weighted by molar-refractivity contribution is -0.151. The summed E-state index contributed by atoms with van der Waals surface area (Å²) in [5, 5.41) is 3.12. The smallest absolute Gasteiger partial charge is 0.326 e. The lowest BCUT2D eigenvalue weighted by Crippen LogP contribution is -2.52. The van der Waals surface area contributed by atoms with E-state index in [0.29, 0.717) is 12.6 Å². The highest BCUT2D eigenvalue weighted by Crippen LogP contribution is 2.21. The Morgan fingerprint density at radius 1 is 1.47 bits per heavy atom. The molecule has 0 bridgehead atoms. The van der Waals surface area contributed by atoms with Crippen LogP contribution in [0.2, 0.25) is 0 Å². The average Bonchev–Trinajstić information content (AvgIpc) is 2.82. The molecule has 0 spiro atoms. The van der Waals surface area contributed by atoms with Gasteiger partial charge in [0.15, 0.2) is 0 Å². The molecular weight excluding hydrogens is 216 g/mol. The van der Waals surface area contributed by atoms with Crippen molar-refractivity contribution in [2.75, 3.05) is 26.7 Å². The van der Waals surface area contributed by atoms with E-state index in [9.17, 15) is 4.79 Å². The minimum absolute atomic E-state index is 0.145. The van der Waals surface area contributed by atoms with Gasteiger partial charge in [0.2, 0.25) is 0 Å². The van der Waals surface area contributed by atoms with Crippen molar-refractivity contribution in [3.05, 3.63) is 0 Å². The van der Waals surface area contributed by atoms with E-state index >= 15 is 0 Å². The Morgan fingerprint density at radius 2 is 2.06 bits per heavy atom. The van der Waals surface area contributed by atoms with Gasteiger partial charge >= 0.3 is 5.97 Å². The number of hydrogen-bond donors (Lipinski definition) is 1. The summed E-state index contributed by atoms with van der Waals surface area (Å²) in [5.41, 5.74) is -0.571. The number of carbonyl (C=O) groups is 1. The molecule has 1 heterocycles. The fraction of sp³-hybridized carbons (Fsp3) is 0.923. The van der Waals surface area contributed by atoms with Crippen LogP contribution >= 0.6 is 0 Å². The highest BCUT2D eigenvalue weighted by molar-refractivity contribution is 5.80. The van der Waals surface area contributed by atoms with Crippen molar-refractivity contribution < 1.29 is 9.53 Å². The summed E-state index contributed by atoms with van der Waals surface area (Å²) in [5.74, 6) is -0.145. The third kappa shape index (κ3) is 3.68. The zero-order chi connectivity index (χ0) is 12.9. The average molecular weight is 242 g/mol. The number of hydrogen-bond acceptors (Lipinski definition) is 4. The van der Waals surface area contributed by atoms with Crippen LogP contribution in [-0.4, -0.2) is 49.2 Å². The van der Waals surface area contributed by atoms with Gasteiger partial charge in [0, 0.05) is 6.04 Å². The summed E-state index contributed by atoms with van der Waals surface area (Å²) in [6.07, 6.45) is 3.35. The van der Waals surface area contributed by atoms with Gasteiger partial charge in [-0.25, -0.2) is 0 Å². The zero-order valence-electron chi connectivity index (χ0n) is 11.6. The van der Waals surface area contributed by atoms with E-state index in [-0.39, 0.29) is 5.97 Å². The van der Waals surface area contributed by atoms with E-state index in [4.69, 9.17) is 4.74 Å². The zero-order valence-corrected chi connectivity index (χ0v) is 11.6. The van der Waals surface area contributed by atoms with Crippen molar-refractivity contribution >= 4 is 5.97 Å². The molecule has 0 aromatic carbocycles. The molecule has 0 saturated carbocycles. The van der Waals surface area contributed by atoms with Gasteiger partial charge in [-0.3, -0.25) is 4.79 Å². The molecule has 1 N–H and O–H groups in total. The molecule has 0 radical (unpaired) electrons. The van der Waals surface area contributed by atoms with Crippen LogP contribution in [0, 0.1) is 0 Å². The first-order valence-corrected chi connectivity index (χ1v) is 6.63. The maximum absolute atomic E-state index is 11.9. The SMILES string of the molecule is CCOC(=O)C(C)(CC(C)N1CCCC1)NC. The highest BCUT2D eigenvalue weighted by atomic mass is 16.5. The third-order valence-electron chi connectivity index (χ3n) is 3.75. The Kier molecular flexibility index (Phi) is 5.40. The van der Waals surface area contributed by atoms with Crippen molar-refractivity contribution in [3.63, 3.8) is 0 Å². The molecule has 2 atom stereocenters. The molecule has 1 aliphatic rings. The topological polar surface area (TPSA) is 41.6 Å². The molecule has 0 aromatic heterocycles. The minimum Gasteiger partial charge on any atom is -0.465 e. The van der Waals surface area contributed by atoms with Gasteiger partial charge < -0.3 is 15.0 Å². The second kappa shape index (κ2) is 6.36. The fourth-order valence-corrected chi connectivity index (χ4v) is 2.48. The maximum atomic E-state index is 11.9. The molecule has 1 saturated heterocycles. The number of carbonyl (C=O) groups excluding carboxylic acids is 1. The van der Waals surface area contributed by atoms with E-state index < -0.39 is 5.54 Å². The molecule has 0 amide bonds. The Hall–Kier alpha value is -0.610. The molecule has 4 nitrogen and oxygen atoms in total. The molecule has 1 rings (SSSR count). The maximum Gasteiger partial charge on any atom is 0.326 e. The van der Waals surface area contributed by atoms with Crippen LogP contribution in [0.3, 0.4) is 0 Å². The first-order valence-electron chi connectivity index (χ1n) is 6.63. The fourth-order valence-electron chi connectivity index (χ4n) is 2.48. The van der Waals surface area contributed by atoms with Crippen molar-refractivity contribution in [2.45, 2.75) is 51.6 Å². The molecule has 1 aliphatic heterocycles. The van der Waals surface area contributed by atoms with Crippen LogP contribution in [0.15, 0.2) is 0 Å². The molecule has 0 aromatic rings. The number of likely N-dealkylation sites (tertiary alicyclic amines) is 1. The van der Waals surface area contributed by atoms with Crippen LogP contribution in [0.5, 0.6) is 0 Å². The largest absolute Gasteiger partial charge is 0.465 e. The predicted molar refractivity (Wildman–Crippen MR) is 69.0 cm³/mol. The molecule has 4 heteroatoms. The number of likely N-dealkylation sites (N-methyl/N-ethyl adjacent to an activating group) is 1. The van der Waals surface area contributed by atoms with E-state index in [1.807, 2.05) is 20.9 Å². The third-order valence-corrected chi connectivity index (χ3v) is 3.75. The summed E-state index contributed by atoms with van der Waals surface area (Å²) >= 11 is 0. The van der Waals surface area contributed by atoms with Crippen LogP contribution in [0.25, 0.3) is 0 Å². The van der Waals surface area contributed by atoms with E-state index in [1.165, 1.54) is 12.8 Å². The van der Waals surface area contributed by atoms with Crippen molar-refractivity contribution in [3.8, 4) is 0 Å². The molecule has 100 valence electrons. The lowest BCUT2D eigenvalue weighted by Gasteiger charge is -2.33. The van der Waals surface area contributed by atoms with Crippen molar-refractivity contribution in [1.82, 2.24) is 10.2 Å². The second-order valence-electron chi connectivity index (χ2n) is 5.10. The number of nitrogens with zero attached hydrogens (tertiary/aromatic N) is 1. The van der Waals surface area contributed by atoms with Crippen molar-refractivity contribution in [1.29, 1.82) is 0 Å². The van der Waals surface area contributed by atoms with Crippen molar-refractivity contribution in [2.24, 2.45) is 0 Å². The van der Waals surface area contributed by atoms with Crippen LogP contribution in [0.4, 0.5) is 0 Å². The number of esters is 1. The Bertz CT molecular complexity index is 252. The van der Waals surface area contributed by atoms with Gasteiger partial charge in [-0.2, -0.15) is 0 Å². The van der Waals surface area contributed by atoms with E-state index in [2.05, 4.69) is 17.1 Å². The standard InChI is InChI=1S/C13H26N2O2/c1-5-17-12(16)13(3,14-4)10-11(2)15-8-6-7-9-15/h11,14H,5-10H2,1-4H3. The minimum atomic E-state index is -0.571. The first kappa shape index (κ1) is 14.5. The first-order chi connectivity index (χ1) is 8.03. The molecular formula is C13H26N2O2. The molecule has 17 heavy (non-hydrogen) atoms. The Labute approximate surface area is 105 Å². The predicted octanol–water partition coefficient (Wildman–Crippen LogP) is 1.40. The van der Waals surface area contributed by atoms with Crippen LogP contribution in [-0.2, 0) is 9.53 Å². The van der Waals surface area contributed by atoms with Gasteiger partial charge in [-0.05, 0) is 60.2 Å². The summed E-state index contributed by atoms with van der Waals surface area (Å²) < 4.78 is 5.14. The van der Waals surface area contributed by atoms with Gasteiger partial charge in [0.25, 0.3) is 0 Å². The van der Waals surface area contributed by atoms with E-state index in [0.717, 1.165) is 19.5 Å². The van der Waals surface area contributed by atoms with Gasteiger partial charge in [-0.1, -0.05) is 0 Å². The summed E-state index contributed by atoms with van der Waals surface area (Å²) in [4.78, 5) is 14.4. The summed E-state index contributed by atoms with van der Waals surface area (Å²) in [6.45, 7) is 8.72. The van der Waals surface area contributed by atoms with Crippen LogP contribution < -0.4 is 5.32 Å². The van der Waals surface area contributed by atoms with Gasteiger partial charge in [0.05, 0.1) is 6.61 Å².